The summed E-state index contributed by atoms with van der Waals surface area (Å²) >= 11 is 0. The molecule has 0 radical (unpaired) electrons. The van der Waals surface area contributed by atoms with Crippen molar-refractivity contribution in [1.82, 2.24) is 0 Å². The summed E-state index contributed by atoms with van der Waals surface area (Å²) in [6.45, 7) is 5.61. The topological polar surface area (TPSA) is 71.1 Å². The van der Waals surface area contributed by atoms with Crippen LogP contribution < -0.4 is 0 Å². The van der Waals surface area contributed by atoms with Gasteiger partial charge in [-0.05, 0) is 37.5 Å². The van der Waals surface area contributed by atoms with Crippen molar-refractivity contribution in [3.8, 4) is 0 Å². The molecule has 0 amide bonds. The van der Waals surface area contributed by atoms with Crippen LogP contribution in [0.2, 0.25) is 0 Å². The molecule has 1 aromatic carbocycles. The lowest BCUT2D eigenvalue weighted by Gasteiger charge is -2.14. The number of carbonyl (C=O) groups excluding carboxylic acids is 1. The van der Waals surface area contributed by atoms with Crippen LogP contribution in [0.1, 0.15) is 23.6 Å². The van der Waals surface area contributed by atoms with Crippen molar-refractivity contribution in [3.63, 3.8) is 0 Å². The van der Waals surface area contributed by atoms with Crippen LogP contribution in [0.15, 0.2) is 30.0 Å². The molecule has 0 aliphatic carbocycles. The highest BCUT2D eigenvalue weighted by Crippen LogP contribution is 2.49. The van der Waals surface area contributed by atoms with Gasteiger partial charge in [-0.15, -0.1) is 0 Å². The van der Waals surface area contributed by atoms with Crippen molar-refractivity contribution in [2.75, 3.05) is 14.2 Å². The smallest absolute Gasteiger partial charge is 0.458 e. The molecule has 0 atom stereocenters. The maximum absolute atomic E-state index is 11.7. The average molecular weight is 328 g/mol. The van der Waals surface area contributed by atoms with Crippen molar-refractivity contribution in [1.29, 1.82) is 0 Å². The highest BCUT2D eigenvalue weighted by Gasteiger charge is 2.24. The molecule has 0 aromatic heterocycles. The first-order valence-electron chi connectivity index (χ1n) is 6.62. The van der Waals surface area contributed by atoms with Crippen molar-refractivity contribution >= 4 is 13.8 Å². The Bertz CT molecular complexity index is 600. The molecule has 0 heterocycles. The Labute approximate surface area is 130 Å². The highest BCUT2D eigenvalue weighted by molar-refractivity contribution is 7.48. The first kappa shape index (κ1) is 18.4. The number of rotatable bonds is 7. The van der Waals surface area contributed by atoms with E-state index in [0.717, 1.165) is 17.2 Å². The quantitative estimate of drug-likeness (QED) is 0.329. The van der Waals surface area contributed by atoms with Gasteiger partial charge in [-0.25, -0.2) is 9.36 Å². The van der Waals surface area contributed by atoms with E-state index in [-0.39, 0.29) is 12.4 Å². The van der Waals surface area contributed by atoms with Gasteiger partial charge in [0.25, 0.3) is 0 Å². The lowest BCUT2D eigenvalue weighted by atomic mass is 10.1. The van der Waals surface area contributed by atoms with Crippen LogP contribution in [0.5, 0.6) is 0 Å². The van der Waals surface area contributed by atoms with Gasteiger partial charge in [-0.2, -0.15) is 0 Å². The molecule has 0 spiro atoms. The predicted molar refractivity (Wildman–Crippen MR) is 82.2 cm³/mol. The molecule has 0 bridgehead atoms. The first-order valence-corrected chi connectivity index (χ1v) is 8.08. The summed E-state index contributed by atoms with van der Waals surface area (Å²) in [5, 5.41) is 0. The Hall–Kier alpha value is -1.62. The fraction of sp³-hybridized carbons (Fsp3) is 0.400. The normalized spacial score (nSPS) is 12.1. The molecule has 0 aliphatic heterocycles. The van der Waals surface area contributed by atoms with E-state index in [2.05, 4.69) is 9.05 Å². The van der Waals surface area contributed by atoms with Crippen molar-refractivity contribution < 1.29 is 27.7 Å². The number of phosphoric ester groups is 1. The molecule has 1 rings (SSSR count). The molecular weight excluding hydrogens is 307 g/mol. The predicted octanol–water partition coefficient (Wildman–Crippen LogP) is 3.67. The minimum Gasteiger partial charge on any atom is -0.458 e. The summed E-state index contributed by atoms with van der Waals surface area (Å²) in [7, 11) is -1.28. The minimum atomic E-state index is -3.66. The van der Waals surface area contributed by atoms with E-state index in [1.807, 2.05) is 32.0 Å². The number of hydrogen-bond donors (Lipinski definition) is 0. The molecular formula is C15H21O6P. The summed E-state index contributed by atoms with van der Waals surface area (Å²) in [6.07, 6.45) is 1.09. The second-order valence-corrected chi connectivity index (χ2v) is 6.49. The van der Waals surface area contributed by atoms with Gasteiger partial charge in [-0.1, -0.05) is 18.2 Å². The van der Waals surface area contributed by atoms with E-state index in [1.165, 1.54) is 26.7 Å². The van der Waals surface area contributed by atoms with Crippen molar-refractivity contribution in [3.05, 3.63) is 46.7 Å². The van der Waals surface area contributed by atoms with Crippen molar-refractivity contribution in [2.45, 2.75) is 27.4 Å². The SMILES string of the molecule is COP(=O)(OC)O/C(C)=C\C(=O)OCc1ccc(C)c(C)c1. The fourth-order valence-corrected chi connectivity index (χ4v) is 2.31. The Morgan fingerprint density at radius 3 is 2.36 bits per heavy atom. The molecule has 0 N–H and O–H groups in total. The number of benzene rings is 1. The highest BCUT2D eigenvalue weighted by atomic mass is 31.2. The number of aryl methyl sites for hydroxylation is 2. The number of allylic oxidation sites excluding steroid dienone is 1. The van der Waals surface area contributed by atoms with Crippen LogP contribution in [0, 0.1) is 13.8 Å². The maximum Gasteiger partial charge on any atom is 0.529 e. The molecule has 0 saturated heterocycles. The number of carbonyl (C=O) groups is 1. The van der Waals surface area contributed by atoms with Crippen LogP contribution in [0.25, 0.3) is 0 Å². The van der Waals surface area contributed by atoms with E-state index in [4.69, 9.17) is 9.26 Å². The fourth-order valence-electron chi connectivity index (χ4n) is 1.61. The second kappa shape index (κ2) is 8.13. The van der Waals surface area contributed by atoms with Gasteiger partial charge in [0.1, 0.15) is 12.4 Å². The number of esters is 1. The lowest BCUT2D eigenvalue weighted by molar-refractivity contribution is -0.139. The van der Waals surface area contributed by atoms with Gasteiger partial charge in [0, 0.05) is 14.2 Å². The Kier molecular flexibility index (Phi) is 6.81. The van der Waals surface area contributed by atoms with Gasteiger partial charge in [0.2, 0.25) is 0 Å². The second-order valence-electron chi connectivity index (χ2n) is 4.68. The van der Waals surface area contributed by atoms with E-state index in [0.29, 0.717) is 0 Å². The Morgan fingerprint density at radius 1 is 1.18 bits per heavy atom. The summed E-state index contributed by atoms with van der Waals surface area (Å²) in [5.41, 5.74) is 3.20. The van der Waals surface area contributed by atoms with Gasteiger partial charge in [0.15, 0.2) is 0 Å². The summed E-state index contributed by atoms with van der Waals surface area (Å²) in [6, 6.07) is 5.82. The monoisotopic (exact) mass is 328 g/mol. The van der Waals surface area contributed by atoms with Crippen LogP contribution in [0.3, 0.4) is 0 Å². The zero-order valence-corrected chi connectivity index (χ0v) is 14.3. The van der Waals surface area contributed by atoms with Crippen LogP contribution in [-0.2, 0) is 34.3 Å². The molecule has 0 unspecified atom stereocenters. The summed E-state index contributed by atoms with van der Waals surface area (Å²) in [5.74, 6) is -0.522. The molecule has 0 aliphatic rings. The molecule has 7 heteroatoms. The molecule has 0 saturated carbocycles. The minimum absolute atomic E-state index is 0.0807. The maximum atomic E-state index is 11.7. The van der Waals surface area contributed by atoms with Gasteiger partial charge < -0.3 is 9.26 Å². The van der Waals surface area contributed by atoms with Gasteiger partial charge in [-0.3, -0.25) is 9.05 Å². The number of phosphoric acid groups is 1. The summed E-state index contributed by atoms with van der Waals surface area (Å²) in [4.78, 5) is 11.7. The zero-order chi connectivity index (χ0) is 16.8. The third kappa shape index (κ3) is 5.64. The van der Waals surface area contributed by atoms with Crippen LogP contribution >= 0.6 is 7.82 Å². The molecule has 1 aromatic rings. The molecule has 22 heavy (non-hydrogen) atoms. The van der Waals surface area contributed by atoms with E-state index < -0.39 is 13.8 Å². The van der Waals surface area contributed by atoms with Gasteiger partial charge in [0.05, 0.1) is 6.08 Å². The lowest BCUT2D eigenvalue weighted by Crippen LogP contribution is -2.03. The Balaban J connectivity index is 2.60. The van der Waals surface area contributed by atoms with E-state index in [9.17, 15) is 9.36 Å². The number of ether oxygens (including phenoxy) is 1. The standard InChI is InChI=1S/C15H21O6P/c1-11-6-7-14(8-12(11)2)10-20-15(16)9-13(3)21-22(17,18-4)19-5/h6-9H,10H2,1-5H3/b13-9-. The van der Waals surface area contributed by atoms with Gasteiger partial charge >= 0.3 is 13.8 Å². The molecule has 122 valence electrons. The summed E-state index contributed by atoms with van der Waals surface area (Å²) < 4.78 is 31.0. The van der Waals surface area contributed by atoms with Crippen molar-refractivity contribution in [2.24, 2.45) is 0 Å². The van der Waals surface area contributed by atoms with Crippen LogP contribution in [-0.4, -0.2) is 20.2 Å². The largest absolute Gasteiger partial charge is 0.529 e. The van der Waals surface area contributed by atoms with Crippen LogP contribution in [0.4, 0.5) is 0 Å². The molecule has 6 nitrogen and oxygen atoms in total. The Morgan fingerprint density at radius 2 is 1.82 bits per heavy atom. The zero-order valence-electron chi connectivity index (χ0n) is 13.4. The van der Waals surface area contributed by atoms with E-state index in [1.54, 1.807) is 0 Å². The van der Waals surface area contributed by atoms with E-state index >= 15 is 0 Å². The third-order valence-corrected chi connectivity index (χ3v) is 4.38. The first-order chi connectivity index (χ1) is 10.3. The average Bonchev–Trinajstić information content (AvgIpc) is 2.48. The third-order valence-electron chi connectivity index (χ3n) is 2.98. The molecule has 0 fully saturated rings. The number of hydrogen-bond acceptors (Lipinski definition) is 6.